The van der Waals surface area contributed by atoms with E-state index in [0.717, 1.165) is 31.4 Å². The molecule has 0 saturated carbocycles. The number of rotatable bonds is 3. The lowest BCUT2D eigenvalue weighted by atomic mass is 9.96. The van der Waals surface area contributed by atoms with E-state index in [0.29, 0.717) is 5.92 Å². The fraction of sp³-hybridized carbons (Fsp3) is 0.529. The van der Waals surface area contributed by atoms with Gasteiger partial charge in [0.05, 0.1) is 21.3 Å². The predicted molar refractivity (Wildman–Crippen MR) is 91.3 cm³/mol. The lowest BCUT2D eigenvalue weighted by molar-refractivity contribution is -0.134. The molecule has 0 spiro atoms. The first-order chi connectivity index (χ1) is 10.6. The molecule has 1 aromatic carbocycles. The molecule has 1 fully saturated rings. The number of fused-ring (bicyclic) bond motifs is 1. The fourth-order valence-electron chi connectivity index (χ4n) is 3.13. The van der Waals surface area contributed by atoms with E-state index in [-0.39, 0.29) is 11.9 Å². The number of carbonyl (C=O) groups is 1. The number of para-hydroxylation sites is 1. The SMILES string of the molecule is C[C@@H](C(=O)N(C)C)N1CCC(c2nc3ccccc3s2)CC1. The number of benzene rings is 1. The molecule has 2 aromatic rings. The van der Waals surface area contributed by atoms with Crippen molar-refractivity contribution in [3.63, 3.8) is 0 Å². The van der Waals surface area contributed by atoms with E-state index in [2.05, 4.69) is 23.1 Å². The van der Waals surface area contributed by atoms with Gasteiger partial charge in [-0.2, -0.15) is 0 Å². The van der Waals surface area contributed by atoms with Crippen LogP contribution in [0.25, 0.3) is 10.2 Å². The molecule has 0 bridgehead atoms. The van der Waals surface area contributed by atoms with Crippen LogP contribution in [0.1, 0.15) is 30.7 Å². The van der Waals surface area contributed by atoms with Crippen LogP contribution in [0.3, 0.4) is 0 Å². The lowest BCUT2D eigenvalue weighted by Crippen LogP contribution is -2.47. The van der Waals surface area contributed by atoms with Gasteiger partial charge >= 0.3 is 0 Å². The minimum absolute atomic E-state index is 0.0219. The highest BCUT2D eigenvalue weighted by Gasteiger charge is 2.29. The number of likely N-dealkylation sites (tertiary alicyclic amines) is 1. The van der Waals surface area contributed by atoms with Crippen molar-refractivity contribution >= 4 is 27.5 Å². The molecule has 1 amide bonds. The van der Waals surface area contributed by atoms with Gasteiger partial charge in [0.2, 0.25) is 5.91 Å². The van der Waals surface area contributed by atoms with E-state index < -0.39 is 0 Å². The standard InChI is InChI=1S/C17H23N3OS/c1-12(17(21)19(2)3)20-10-8-13(9-11-20)16-18-14-6-4-5-7-15(14)22-16/h4-7,12-13H,8-11H2,1-3H3/t12-/m0/s1. The van der Waals surface area contributed by atoms with Crippen molar-refractivity contribution in [1.82, 2.24) is 14.8 Å². The van der Waals surface area contributed by atoms with E-state index in [1.54, 1.807) is 4.90 Å². The van der Waals surface area contributed by atoms with E-state index in [4.69, 9.17) is 4.98 Å². The summed E-state index contributed by atoms with van der Waals surface area (Å²) in [6.45, 7) is 3.96. The van der Waals surface area contributed by atoms with Crippen LogP contribution in [0.2, 0.25) is 0 Å². The second-order valence-corrected chi connectivity index (χ2v) is 7.30. The number of piperidine rings is 1. The normalized spacial score (nSPS) is 18.5. The van der Waals surface area contributed by atoms with Crippen LogP contribution in [0.15, 0.2) is 24.3 Å². The number of aromatic nitrogens is 1. The summed E-state index contributed by atoms with van der Waals surface area (Å²) in [5.41, 5.74) is 1.11. The van der Waals surface area contributed by atoms with Gasteiger partial charge in [0.15, 0.2) is 0 Å². The van der Waals surface area contributed by atoms with Gasteiger partial charge in [-0.05, 0) is 45.0 Å². The van der Waals surface area contributed by atoms with Crippen LogP contribution in [-0.2, 0) is 4.79 Å². The first-order valence-corrected chi connectivity index (χ1v) is 8.68. The second kappa shape index (κ2) is 6.34. The molecular weight excluding hydrogens is 294 g/mol. The third-order valence-electron chi connectivity index (χ3n) is 4.54. The molecule has 3 rings (SSSR count). The van der Waals surface area contributed by atoms with Gasteiger partial charge in [0.25, 0.3) is 0 Å². The Bertz CT molecular complexity index is 626. The zero-order valence-corrected chi connectivity index (χ0v) is 14.3. The summed E-state index contributed by atoms with van der Waals surface area (Å²) in [6, 6.07) is 8.32. The van der Waals surface area contributed by atoms with Crippen molar-refractivity contribution in [2.24, 2.45) is 0 Å². The highest BCUT2D eigenvalue weighted by atomic mass is 32.1. The average Bonchev–Trinajstić information content (AvgIpc) is 2.97. The number of amides is 1. The van der Waals surface area contributed by atoms with Gasteiger partial charge < -0.3 is 4.90 Å². The van der Waals surface area contributed by atoms with Gasteiger partial charge in [-0.15, -0.1) is 11.3 Å². The number of likely N-dealkylation sites (N-methyl/N-ethyl adjacent to an activating group) is 1. The van der Waals surface area contributed by atoms with E-state index >= 15 is 0 Å². The zero-order chi connectivity index (χ0) is 15.7. The van der Waals surface area contributed by atoms with Gasteiger partial charge in [-0.3, -0.25) is 9.69 Å². The molecule has 4 nitrogen and oxygen atoms in total. The molecule has 118 valence electrons. The zero-order valence-electron chi connectivity index (χ0n) is 13.5. The molecule has 1 aliphatic rings. The van der Waals surface area contributed by atoms with Crippen LogP contribution >= 0.6 is 11.3 Å². The average molecular weight is 317 g/mol. The van der Waals surface area contributed by atoms with Gasteiger partial charge in [-0.25, -0.2) is 4.98 Å². The van der Waals surface area contributed by atoms with Crippen molar-refractivity contribution in [2.45, 2.75) is 31.7 Å². The Hall–Kier alpha value is -1.46. The first kappa shape index (κ1) is 15.4. The molecule has 1 saturated heterocycles. The predicted octanol–water partition coefficient (Wildman–Crippen LogP) is 2.95. The van der Waals surface area contributed by atoms with Crippen molar-refractivity contribution in [2.75, 3.05) is 27.2 Å². The first-order valence-electron chi connectivity index (χ1n) is 7.87. The topological polar surface area (TPSA) is 36.4 Å². The van der Waals surface area contributed by atoms with Gasteiger partial charge in [-0.1, -0.05) is 12.1 Å². The Morgan fingerprint density at radius 2 is 2.00 bits per heavy atom. The monoisotopic (exact) mass is 317 g/mol. The Kier molecular flexibility index (Phi) is 4.45. The Balaban J connectivity index is 1.65. The third kappa shape index (κ3) is 3.01. The number of carbonyl (C=O) groups excluding carboxylic acids is 1. The maximum atomic E-state index is 12.1. The van der Waals surface area contributed by atoms with Crippen molar-refractivity contribution in [3.05, 3.63) is 29.3 Å². The second-order valence-electron chi connectivity index (χ2n) is 6.24. The van der Waals surface area contributed by atoms with Crippen LogP contribution in [-0.4, -0.2) is 53.9 Å². The maximum Gasteiger partial charge on any atom is 0.239 e. The Morgan fingerprint density at radius 3 is 2.64 bits per heavy atom. The van der Waals surface area contributed by atoms with Crippen molar-refractivity contribution in [1.29, 1.82) is 0 Å². The minimum Gasteiger partial charge on any atom is -0.347 e. The molecular formula is C17H23N3OS. The molecule has 2 heterocycles. The van der Waals surface area contributed by atoms with Crippen molar-refractivity contribution < 1.29 is 4.79 Å². The van der Waals surface area contributed by atoms with Crippen LogP contribution < -0.4 is 0 Å². The molecule has 0 aliphatic carbocycles. The summed E-state index contributed by atoms with van der Waals surface area (Å²) in [7, 11) is 3.65. The quantitative estimate of drug-likeness (QED) is 0.873. The Labute approximate surface area is 135 Å². The summed E-state index contributed by atoms with van der Waals surface area (Å²) in [5.74, 6) is 0.730. The van der Waals surface area contributed by atoms with Crippen LogP contribution in [0.4, 0.5) is 0 Å². The van der Waals surface area contributed by atoms with Crippen molar-refractivity contribution in [3.8, 4) is 0 Å². The van der Waals surface area contributed by atoms with E-state index in [9.17, 15) is 4.79 Å². The summed E-state index contributed by atoms with van der Waals surface area (Å²) < 4.78 is 1.27. The molecule has 1 atom stereocenters. The minimum atomic E-state index is -0.0219. The van der Waals surface area contributed by atoms with Crippen LogP contribution in [0.5, 0.6) is 0 Å². The molecule has 0 N–H and O–H groups in total. The number of hydrogen-bond donors (Lipinski definition) is 0. The fourth-order valence-corrected chi connectivity index (χ4v) is 4.26. The van der Waals surface area contributed by atoms with Crippen LogP contribution in [0, 0.1) is 0 Å². The largest absolute Gasteiger partial charge is 0.347 e. The number of hydrogen-bond acceptors (Lipinski definition) is 4. The maximum absolute atomic E-state index is 12.1. The highest BCUT2D eigenvalue weighted by molar-refractivity contribution is 7.18. The molecule has 1 aliphatic heterocycles. The summed E-state index contributed by atoms with van der Waals surface area (Å²) in [5, 5.41) is 1.26. The number of nitrogens with zero attached hydrogens (tertiary/aromatic N) is 3. The van der Waals surface area contributed by atoms with E-state index in [1.807, 2.05) is 38.4 Å². The molecule has 0 radical (unpaired) electrons. The summed E-state index contributed by atoms with van der Waals surface area (Å²) in [6.07, 6.45) is 2.18. The van der Waals surface area contributed by atoms with Gasteiger partial charge in [0.1, 0.15) is 0 Å². The smallest absolute Gasteiger partial charge is 0.239 e. The summed E-state index contributed by atoms with van der Waals surface area (Å²) >= 11 is 1.82. The molecule has 5 heteroatoms. The lowest BCUT2D eigenvalue weighted by Gasteiger charge is -2.35. The Morgan fingerprint density at radius 1 is 1.32 bits per heavy atom. The molecule has 1 aromatic heterocycles. The highest BCUT2D eigenvalue weighted by Crippen LogP contribution is 2.34. The third-order valence-corrected chi connectivity index (χ3v) is 5.73. The summed E-state index contributed by atoms with van der Waals surface area (Å²) in [4.78, 5) is 20.9. The van der Waals surface area contributed by atoms with E-state index in [1.165, 1.54) is 9.71 Å². The number of thiazole rings is 1. The molecule has 22 heavy (non-hydrogen) atoms. The van der Waals surface area contributed by atoms with Gasteiger partial charge in [0, 0.05) is 20.0 Å². The molecule has 0 unspecified atom stereocenters.